The van der Waals surface area contributed by atoms with Gasteiger partial charge in [0.15, 0.2) is 0 Å². The molecule has 2 aromatic rings. The second-order valence-corrected chi connectivity index (χ2v) is 5.54. The molecule has 1 aromatic heterocycles. The van der Waals surface area contributed by atoms with E-state index in [2.05, 4.69) is 10.1 Å². The number of hydrogen-bond acceptors (Lipinski definition) is 4. The smallest absolute Gasteiger partial charge is 0.230 e. The first-order chi connectivity index (χ1) is 9.63. The molecule has 0 bridgehead atoms. The third-order valence-electron chi connectivity index (χ3n) is 3.92. The fourth-order valence-electron chi connectivity index (χ4n) is 2.75. The normalized spacial score (nSPS) is 22.9. The van der Waals surface area contributed by atoms with Crippen LogP contribution in [0.5, 0.6) is 0 Å². The van der Waals surface area contributed by atoms with E-state index in [0.29, 0.717) is 17.3 Å². The van der Waals surface area contributed by atoms with Crippen LogP contribution in [0, 0.1) is 12.7 Å². The van der Waals surface area contributed by atoms with Crippen molar-refractivity contribution in [2.75, 3.05) is 0 Å². The zero-order valence-corrected chi connectivity index (χ0v) is 11.5. The Kier molecular flexibility index (Phi) is 3.53. The summed E-state index contributed by atoms with van der Waals surface area (Å²) in [5.41, 5.74) is 7.34. The van der Waals surface area contributed by atoms with E-state index in [1.807, 2.05) is 0 Å². The lowest BCUT2D eigenvalue weighted by atomic mass is 9.86. The number of aromatic nitrogens is 2. The fourth-order valence-corrected chi connectivity index (χ4v) is 2.75. The molecule has 2 unspecified atom stereocenters. The standard InChI is InChI=1S/C15H18FN3O/c1-9-7-10(5-6-13(9)16)14-18-15(20-19-14)11-3-2-4-12(17)8-11/h5-7,11-12H,2-4,8,17H2,1H3. The van der Waals surface area contributed by atoms with E-state index in [1.54, 1.807) is 19.1 Å². The highest BCUT2D eigenvalue weighted by atomic mass is 19.1. The van der Waals surface area contributed by atoms with Crippen LogP contribution in [0.1, 0.15) is 43.1 Å². The van der Waals surface area contributed by atoms with Gasteiger partial charge >= 0.3 is 0 Å². The molecule has 106 valence electrons. The number of rotatable bonds is 2. The molecule has 4 nitrogen and oxygen atoms in total. The van der Waals surface area contributed by atoms with E-state index < -0.39 is 0 Å². The fraction of sp³-hybridized carbons (Fsp3) is 0.467. The highest BCUT2D eigenvalue weighted by Crippen LogP contribution is 2.32. The number of hydrogen-bond donors (Lipinski definition) is 1. The van der Waals surface area contributed by atoms with Crippen LogP contribution < -0.4 is 5.73 Å². The minimum Gasteiger partial charge on any atom is -0.339 e. The Morgan fingerprint density at radius 3 is 2.95 bits per heavy atom. The van der Waals surface area contributed by atoms with Crippen molar-refractivity contribution in [1.82, 2.24) is 10.1 Å². The number of halogens is 1. The molecule has 1 aliphatic carbocycles. The molecule has 1 aliphatic rings. The van der Waals surface area contributed by atoms with Crippen LogP contribution in [0.25, 0.3) is 11.4 Å². The number of nitrogens with two attached hydrogens (primary N) is 1. The Morgan fingerprint density at radius 1 is 1.35 bits per heavy atom. The van der Waals surface area contributed by atoms with Crippen molar-refractivity contribution in [2.24, 2.45) is 5.73 Å². The van der Waals surface area contributed by atoms with Crippen molar-refractivity contribution >= 4 is 0 Å². The van der Waals surface area contributed by atoms with Gasteiger partial charge < -0.3 is 10.3 Å². The maximum atomic E-state index is 13.3. The van der Waals surface area contributed by atoms with Crippen molar-refractivity contribution in [3.63, 3.8) is 0 Å². The predicted molar refractivity (Wildman–Crippen MR) is 73.6 cm³/mol. The SMILES string of the molecule is Cc1cc(-c2noc(C3CCCC(N)C3)n2)ccc1F. The molecule has 0 amide bonds. The van der Waals surface area contributed by atoms with Gasteiger partial charge in [0.2, 0.25) is 11.7 Å². The van der Waals surface area contributed by atoms with Crippen LogP contribution in [-0.4, -0.2) is 16.2 Å². The number of benzene rings is 1. The van der Waals surface area contributed by atoms with Crippen LogP contribution in [0.4, 0.5) is 4.39 Å². The molecule has 2 atom stereocenters. The lowest BCUT2D eigenvalue weighted by Gasteiger charge is -2.23. The van der Waals surface area contributed by atoms with E-state index in [0.717, 1.165) is 31.2 Å². The largest absolute Gasteiger partial charge is 0.339 e. The molecule has 0 aliphatic heterocycles. The van der Waals surface area contributed by atoms with Gasteiger partial charge in [-0.25, -0.2) is 4.39 Å². The van der Waals surface area contributed by atoms with E-state index >= 15 is 0 Å². The Balaban J connectivity index is 1.84. The zero-order valence-electron chi connectivity index (χ0n) is 11.5. The summed E-state index contributed by atoms with van der Waals surface area (Å²) in [5.74, 6) is 1.19. The minimum absolute atomic E-state index is 0.220. The average Bonchev–Trinajstić information content (AvgIpc) is 2.92. The lowest BCUT2D eigenvalue weighted by molar-refractivity contribution is 0.299. The molecular weight excluding hydrogens is 257 g/mol. The first-order valence-electron chi connectivity index (χ1n) is 6.99. The molecule has 5 heteroatoms. The Bertz CT molecular complexity index is 611. The molecule has 20 heavy (non-hydrogen) atoms. The summed E-state index contributed by atoms with van der Waals surface area (Å²) < 4.78 is 18.6. The van der Waals surface area contributed by atoms with E-state index in [1.165, 1.54) is 6.07 Å². The van der Waals surface area contributed by atoms with Crippen molar-refractivity contribution in [3.05, 3.63) is 35.5 Å². The van der Waals surface area contributed by atoms with Crippen LogP contribution in [0.3, 0.4) is 0 Å². The average molecular weight is 275 g/mol. The molecule has 0 saturated heterocycles. The van der Waals surface area contributed by atoms with Gasteiger partial charge in [-0.05, 0) is 49.9 Å². The zero-order chi connectivity index (χ0) is 14.1. The minimum atomic E-state index is -0.226. The van der Waals surface area contributed by atoms with Crippen LogP contribution in [-0.2, 0) is 0 Å². The molecule has 2 N–H and O–H groups in total. The lowest BCUT2D eigenvalue weighted by Crippen LogP contribution is -2.26. The topological polar surface area (TPSA) is 64.9 Å². The van der Waals surface area contributed by atoms with Gasteiger partial charge in [-0.2, -0.15) is 4.98 Å². The van der Waals surface area contributed by atoms with Gasteiger partial charge in [-0.1, -0.05) is 11.6 Å². The number of aryl methyl sites for hydroxylation is 1. The van der Waals surface area contributed by atoms with Gasteiger partial charge in [-0.15, -0.1) is 0 Å². The number of nitrogens with zero attached hydrogens (tertiary/aromatic N) is 2. The highest BCUT2D eigenvalue weighted by Gasteiger charge is 2.25. The van der Waals surface area contributed by atoms with Gasteiger partial charge in [0.1, 0.15) is 5.82 Å². The molecule has 3 rings (SSSR count). The Hall–Kier alpha value is -1.75. The molecule has 0 radical (unpaired) electrons. The third kappa shape index (κ3) is 2.58. The second-order valence-electron chi connectivity index (χ2n) is 5.54. The Morgan fingerprint density at radius 2 is 2.20 bits per heavy atom. The summed E-state index contributed by atoms with van der Waals surface area (Å²) in [5, 5.41) is 4.01. The molecular formula is C15H18FN3O. The second kappa shape index (κ2) is 5.32. The van der Waals surface area contributed by atoms with Gasteiger partial charge in [0, 0.05) is 17.5 Å². The van der Waals surface area contributed by atoms with Crippen molar-refractivity contribution in [2.45, 2.75) is 44.6 Å². The molecule has 1 heterocycles. The molecule has 1 fully saturated rings. The summed E-state index contributed by atoms with van der Waals surface area (Å²) in [6, 6.07) is 5.05. The van der Waals surface area contributed by atoms with E-state index in [-0.39, 0.29) is 17.8 Å². The van der Waals surface area contributed by atoms with Crippen molar-refractivity contribution in [1.29, 1.82) is 0 Å². The monoisotopic (exact) mass is 275 g/mol. The van der Waals surface area contributed by atoms with Gasteiger partial charge in [-0.3, -0.25) is 0 Å². The summed E-state index contributed by atoms with van der Waals surface area (Å²) in [6.45, 7) is 1.72. The maximum absolute atomic E-state index is 13.3. The predicted octanol–water partition coefficient (Wildman–Crippen LogP) is 3.17. The summed E-state index contributed by atoms with van der Waals surface area (Å²) in [4.78, 5) is 4.45. The van der Waals surface area contributed by atoms with Crippen molar-refractivity contribution in [3.8, 4) is 11.4 Å². The Labute approximate surface area is 117 Å². The first kappa shape index (κ1) is 13.2. The summed E-state index contributed by atoms with van der Waals surface area (Å²) in [6.07, 6.45) is 4.09. The quantitative estimate of drug-likeness (QED) is 0.914. The maximum Gasteiger partial charge on any atom is 0.230 e. The first-order valence-corrected chi connectivity index (χ1v) is 6.99. The van der Waals surface area contributed by atoms with Crippen LogP contribution in [0.15, 0.2) is 22.7 Å². The summed E-state index contributed by atoms with van der Waals surface area (Å²) in [7, 11) is 0. The van der Waals surface area contributed by atoms with Gasteiger partial charge in [0.05, 0.1) is 0 Å². The van der Waals surface area contributed by atoms with Crippen LogP contribution in [0.2, 0.25) is 0 Å². The van der Waals surface area contributed by atoms with Gasteiger partial charge in [0.25, 0.3) is 0 Å². The molecule has 1 aromatic carbocycles. The third-order valence-corrected chi connectivity index (χ3v) is 3.92. The van der Waals surface area contributed by atoms with Crippen molar-refractivity contribution < 1.29 is 8.91 Å². The summed E-state index contributed by atoms with van der Waals surface area (Å²) >= 11 is 0. The van der Waals surface area contributed by atoms with Crippen LogP contribution >= 0.6 is 0 Å². The molecule has 1 saturated carbocycles. The van der Waals surface area contributed by atoms with E-state index in [4.69, 9.17) is 10.3 Å². The highest BCUT2D eigenvalue weighted by molar-refractivity contribution is 5.55. The van der Waals surface area contributed by atoms with E-state index in [9.17, 15) is 4.39 Å². The molecule has 0 spiro atoms.